The van der Waals surface area contributed by atoms with Crippen LogP contribution in [0.3, 0.4) is 0 Å². The molecule has 284 valence electrons. The zero-order valence-corrected chi connectivity index (χ0v) is 30.8. The molecule has 0 saturated carbocycles. The van der Waals surface area contributed by atoms with Gasteiger partial charge in [0.15, 0.2) is 0 Å². The molecule has 9 aromatic rings. The first-order chi connectivity index (χ1) is 28.4. The van der Waals surface area contributed by atoms with E-state index in [0.717, 1.165) is 65.2 Å². The Morgan fingerprint density at radius 2 is 0.763 bits per heavy atom. The van der Waals surface area contributed by atoms with Crippen molar-refractivity contribution in [3.63, 3.8) is 0 Å². The van der Waals surface area contributed by atoms with Gasteiger partial charge in [-0.3, -0.25) is 19.2 Å². The monoisotopic (exact) mass is 776 g/mol. The van der Waals surface area contributed by atoms with Gasteiger partial charge in [0.05, 0.1) is 17.5 Å². The predicted octanol–water partition coefficient (Wildman–Crippen LogP) is 9.03. The number of fused-ring (bicyclic) bond motifs is 2. The highest BCUT2D eigenvalue weighted by Gasteiger charge is 2.38. The molecule has 0 aliphatic carbocycles. The first-order valence-corrected chi connectivity index (χ1v) is 18.7. The summed E-state index contributed by atoms with van der Waals surface area (Å²) >= 11 is 0. The Morgan fingerprint density at radius 3 is 1.25 bits per heavy atom. The van der Waals surface area contributed by atoms with E-state index in [1.54, 1.807) is 43.3 Å². The molecule has 1 atom stereocenters. The number of hydrogen-bond acceptors (Lipinski definition) is 9. The number of phenolic OH excluding ortho intramolecular Hbond substituents is 4. The second kappa shape index (κ2) is 11.8. The quantitative estimate of drug-likeness (QED) is 0.0663. The van der Waals surface area contributed by atoms with Crippen LogP contribution in [0.15, 0.2) is 115 Å². The maximum Gasteiger partial charge on any atom is 0.265 e. The van der Waals surface area contributed by atoms with Crippen molar-refractivity contribution in [1.29, 1.82) is 0 Å². The molecule has 2 aliphatic heterocycles. The van der Waals surface area contributed by atoms with Crippen LogP contribution in [-0.4, -0.2) is 49.2 Å². The van der Waals surface area contributed by atoms with Gasteiger partial charge in [-0.25, -0.2) is 9.80 Å². The molecule has 0 aromatic heterocycles. The Labute approximate surface area is 332 Å². The van der Waals surface area contributed by atoms with Gasteiger partial charge in [-0.15, -0.1) is 0 Å². The van der Waals surface area contributed by atoms with E-state index in [9.17, 15) is 44.7 Å². The van der Waals surface area contributed by atoms with Gasteiger partial charge in [0.1, 0.15) is 23.0 Å². The van der Waals surface area contributed by atoms with E-state index >= 15 is 0 Å². The number of anilines is 2. The zero-order valence-electron chi connectivity index (χ0n) is 30.8. The molecular weight excluding hydrogens is 749 g/mol. The van der Waals surface area contributed by atoms with E-state index < -0.39 is 29.7 Å². The number of carbonyl (C=O) groups is 4. The molecule has 9 aromatic carbocycles. The first-order valence-electron chi connectivity index (χ1n) is 18.7. The Morgan fingerprint density at radius 1 is 0.390 bits per heavy atom. The van der Waals surface area contributed by atoms with Gasteiger partial charge >= 0.3 is 0 Å². The van der Waals surface area contributed by atoms with Gasteiger partial charge in [-0.1, -0.05) is 54.6 Å². The summed E-state index contributed by atoms with van der Waals surface area (Å²) in [6.45, 7) is 1.62. The highest BCUT2D eigenvalue weighted by atomic mass is 16.3. The lowest BCUT2D eigenvalue weighted by atomic mass is 9.81. The summed E-state index contributed by atoms with van der Waals surface area (Å²) < 4.78 is 0. The largest absolute Gasteiger partial charge is 0.508 e. The second-order valence-electron chi connectivity index (χ2n) is 15.1. The number of carbonyl (C=O) groups excluding carboxylic acids is 4. The van der Waals surface area contributed by atoms with Crippen LogP contribution in [-0.2, 0) is 0 Å². The standard InChI is InChI=1S/C48H28N2O9/c1-21(51)28-5-11-36-43-37(46(57)49(45(36)56)22-15-24(52)19-25(53)16-22)12-8-32(41(28)43)29-6-7-33-35-10-14-39-44-38(13-9-34(42(35)44)31-4-2-3-30(29)40(31)33)47(58)50(48(39)59)23-17-26(54)20-27(55)18-23/h2-21,51-55H,1H3. The number of phenols is 4. The highest BCUT2D eigenvalue weighted by Crippen LogP contribution is 2.49. The molecule has 2 heterocycles. The number of nitrogens with zero attached hydrogens (tertiary/aromatic N) is 2. The Bertz CT molecular complexity index is 3330. The van der Waals surface area contributed by atoms with Crippen LogP contribution in [0.1, 0.15) is 60.0 Å². The van der Waals surface area contributed by atoms with Gasteiger partial charge in [0, 0.05) is 69.4 Å². The fraction of sp³-hybridized carbons (Fsp3) is 0.0417. The van der Waals surface area contributed by atoms with E-state index in [-0.39, 0.29) is 45.5 Å². The number of aromatic hydroxyl groups is 4. The van der Waals surface area contributed by atoms with Crippen LogP contribution < -0.4 is 9.80 Å². The van der Waals surface area contributed by atoms with Crippen LogP contribution >= 0.6 is 0 Å². The van der Waals surface area contributed by atoms with E-state index in [2.05, 4.69) is 0 Å². The molecule has 5 N–H and O–H groups in total. The van der Waals surface area contributed by atoms with Crippen molar-refractivity contribution in [2.75, 3.05) is 9.80 Å². The van der Waals surface area contributed by atoms with Crippen molar-refractivity contribution in [3.05, 3.63) is 143 Å². The number of hydrogen-bond donors (Lipinski definition) is 5. The molecule has 2 aliphatic rings. The average molecular weight is 777 g/mol. The molecule has 0 fully saturated rings. The van der Waals surface area contributed by atoms with Gasteiger partial charge in [-0.2, -0.15) is 0 Å². The van der Waals surface area contributed by atoms with Crippen molar-refractivity contribution >= 4 is 88.9 Å². The Hall–Kier alpha value is -8.02. The van der Waals surface area contributed by atoms with Crippen molar-refractivity contribution in [3.8, 4) is 34.1 Å². The first kappa shape index (κ1) is 34.2. The molecule has 0 spiro atoms. The minimum absolute atomic E-state index is 0.00640. The molecule has 11 nitrogen and oxygen atoms in total. The van der Waals surface area contributed by atoms with Crippen LogP contribution in [0, 0.1) is 0 Å². The minimum Gasteiger partial charge on any atom is -0.508 e. The zero-order chi connectivity index (χ0) is 40.8. The number of aliphatic hydroxyl groups excluding tert-OH is 1. The Kier molecular flexibility index (Phi) is 6.83. The third-order valence-corrected chi connectivity index (χ3v) is 11.7. The van der Waals surface area contributed by atoms with Gasteiger partial charge < -0.3 is 25.5 Å². The predicted molar refractivity (Wildman–Crippen MR) is 223 cm³/mol. The number of benzene rings is 9. The summed E-state index contributed by atoms with van der Waals surface area (Å²) in [6, 6.07) is 30.8. The highest BCUT2D eigenvalue weighted by molar-refractivity contribution is 6.43. The fourth-order valence-corrected chi connectivity index (χ4v) is 9.39. The number of rotatable bonds is 4. The summed E-state index contributed by atoms with van der Waals surface area (Å²) in [5.41, 5.74) is 3.04. The third-order valence-electron chi connectivity index (χ3n) is 11.7. The Balaban J connectivity index is 1.14. The summed E-state index contributed by atoms with van der Waals surface area (Å²) in [5.74, 6) is -3.71. The maximum atomic E-state index is 14.2. The van der Waals surface area contributed by atoms with Gasteiger partial charge in [0.25, 0.3) is 23.6 Å². The second-order valence-corrected chi connectivity index (χ2v) is 15.1. The average Bonchev–Trinajstić information content (AvgIpc) is 3.20. The molecule has 4 amide bonds. The topological polar surface area (TPSA) is 176 Å². The molecule has 1 unspecified atom stereocenters. The minimum atomic E-state index is -0.977. The molecule has 59 heavy (non-hydrogen) atoms. The van der Waals surface area contributed by atoms with Crippen molar-refractivity contribution in [2.24, 2.45) is 0 Å². The SMILES string of the molecule is CC(O)c1ccc2c3c(ccc(-c4ccc5c6ccc7c8c(ccc(c9cccc4c95)c86)C(=O)N(c4cc(O)cc(O)c4)C7=O)c13)C(=O)N(c1cc(O)cc(O)c1)C2=O. The van der Waals surface area contributed by atoms with Crippen molar-refractivity contribution < 1.29 is 44.7 Å². The molecule has 0 radical (unpaired) electrons. The summed E-state index contributed by atoms with van der Waals surface area (Å²) in [6.07, 6.45) is -0.977. The van der Waals surface area contributed by atoms with E-state index in [1.165, 1.54) is 24.3 Å². The summed E-state index contributed by atoms with van der Waals surface area (Å²) in [7, 11) is 0. The van der Waals surface area contributed by atoms with E-state index in [4.69, 9.17) is 0 Å². The van der Waals surface area contributed by atoms with E-state index in [1.807, 2.05) is 42.5 Å². The van der Waals surface area contributed by atoms with Crippen LogP contribution in [0.4, 0.5) is 11.4 Å². The summed E-state index contributed by atoms with van der Waals surface area (Å²) in [5, 5.41) is 59.1. The molecule has 0 saturated heterocycles. The number of imide groups is 2. The third kappa shape index (κ3) is 4.55. The smallest absolute Gasteiger partial charge is 0.265 e. The molecule has 11 rings (SSSR count). The lowest BCUT2D eigenvalue weighted by molar-refractivity contribution is 0.0877. The number of aliphatic hydroxyl groups is 1. The lowest BCUT2D eigenvalue weighted by Gasteiger charge is -2.29. The van der Waals surface area contributed by atoms with Crippen LogP contribution in [0.5, 0.6) is 23.0 Å². The van der Waals surface area contributed by atoms with Gasteiger partial charge in [0.2, 0.25) is 0 Å². The van der Waals surface area contributed by atoms with Crippen molar-refractivity contribution in [1.82, 2.24) is 0 Å². The summed E-state index contributed by atoms with van der Waals surface area (Å²) in [4.78, 5) is 58.4. The van der Waals surface area contributed by atoms with Crippen LogP contribution in [0.2, 0.25) is 0 Å². The maximum absolute atomic E-state index is 14.2. The molecule has 11 heteroatoms. The van der Waals surface area contributed by atoms with Crippen LogP contribution in [0.25, 0.3) is 65.0 Å². The normalized spacial score (nSPS) is 14.5. The number of amides is 4. The van der Waals surface area contributed by atoms with E-state index in [0.29, 0.717) is 38.4 Å². The van der Waals surface area contributed by atoms with Crippen molar-refractivity contribution in [2.45, 2.75) is 13.0 Å². The molecular formula is C48H28N2O9. The molecule has 0 bridgehead atoms. The van der Waals surface area contributed by atoms with Gasteiger partial charge in [-0.05, 0) is 91.0 Å². The fourth-order valence-electron chi connectivity index (χ4n) is 9.39. The lowest BCUT2D eigenvalue weighted by Crippen LogP contribution is -2.40.